The van der Waals surface area contributed by atoms with Crippen LogP contribution in [-0.4, -0.2) is 17.0 Å². The zero-order chi connectivity index (χ0) is 15.6. The summed E-state index contributed by atoms with van der Waals surface area (Å²) in [6, 6.07) is 8.61. The highest BCUT2D eigenvalue weighted by Gasteiger charge is 2.14. The molecule has 2 N–H and O–H groups in total. The number of nitrogens with one attached hydrogen (secondary N) is 1. The molecule has 21 heavy (non-hydrogen) atoms. The molecule has 108 valence electrons. The third-order valence-corrected chi connectivity index (χ3v) is 3.09. The third kappa shape index (κ3) is 3.25. The number of anilines is 1. The van der Waals surface area contributed by atoms with Gasteiger partial charge in [0.05, 0.1) is 11.1 Å². The molecular weight excluding hydrogens is 273 g/mol. The molecule has 2 aromatic rings. The molecule has 0 aliphatic rings. The molecule has 0 radical (unpaired) electrons. The molecule has 0 aromatic heterocycles. The zero-order valence-electron chi connectivity index (χ0n) is 11.6. The van der Waals surface area contributed by atoms with Gasteiger partial charge in [0.1, 0.15) is 5.82 Å². The number of carbonyl (C=O) groups is 2. The number of aromatic carboxylic acids is 1. The number of rotatable bonds is 3. The van der Waals surface area contributed by atoms with Crippen LogP contribution < -0.4 is 5.32 Å². The van der Waals surface area contributed by atoms with E-state index in [9.17, 15) is 14.0 Å². The number of halogens is 1. The van der Waals surface area contributed by atoms with E-state index in [-0.39, 0.29) is 11.1 Å². The summed E-state index contributed by atoms with van der Waals surface area (Å²) in [4.78, 5) is 22.9. The van der Waals surface area contributed by atoms with Gasteiger partial charge in [-0.2, -0.15) is 0 Å². The van der Waals surface area contributed by atoms with Gasteiger partial charge in [-0.1, -0.05) is 11.6 Å². The number of benzene rings is 2. The summed E-state index contributed by atoms with van der Waals surface area (Å²) in [7, 11) is 0. The number of aryl methyl sites for hydroxylation is 2. The Morgan fingerprint density at radius 3 is 2.43 bits per heavy atom. The minimum atomic E-state index is -1.04. The summed E-state index contributed by atoms with van der Waals surface area (Å²) in [5.41, 5.74) is 1.91. The highest BCUT2D eigenvalue weighted by Crippen LogP contribution is 2.19. The fourth-order valence-electron chi connectivity index (χ4n) is 1.94. The molecule has 0 saturated carbocycles. The van der Waals surface area contributed by atoms with Crippen LogP contribution in [0.15, 0.2) is 36.4 Å². The van der Waals surface area contributed by atoms with Gasteiger partial charge in [0.2, 0.25) is 0 Å². The number of carboxylic acid groups (broad SMARTS) is 1. The van der Waals surface area contributed by atoms with Crippen molar-refractivity contribution in [2.75, 3.05) is 5.32 Å². The van der Waals surface area contributed by atoms with Crippen LogP contribution in [0.4, 0.5) is 10.1 Å². The maximum Gasteiger partial charge on any atom is 0.335 e. The van der Waals surface area contributed by atoms with E-state index in [2.05, 4.69) is 5.32 Å². The minimum absolute atomic E-state index is 0.0447. The second-order valence-electron chi connectivity index (χ2n) is 4.77. The van der Waals surface area contributed by atoms with Crippen molar-refractivity contribution in [1.29, 1.82) is 0 Å². The van der Waals surface area contributed by atoms with Crippen molar-refractivity contribution in [3.05, 3.63) is 64.5 Å². The SMILES string of the molecule is Cc1ccc(F)c(C(=O)Nc2ccc(C(=O)O)cc2C)c1. The first-order valence-electron chi connectivity index (χ1n) is 6.30. The second-order valence-corrected chi connectivity index (χ2v) is 4.77. The number of amides is 1. The van der Waals surface area contributed by atoms with E-state index >= 15 is 0 Å². The summed E-state index contributed by atoms with van der Waals surface area (Å²) in [5.74, 6) is -2.21. The van der Waals surface area contributed by atoms with E-state index in [1.165, 1.54) is 30.3 Å². The van der Waals surface area contributed by atoms with Crippen molar-refractivity contribution < 1.29 is 19.1 Å². The monoisotopic (exact) mass is 287 g/mol. The average molecular weight is 287 g/mol. The van der Waals surface area contributed by atoms with E-state index in [1.54, 1.807) is 19.9 Å². The van der Waals surface area contributed by atoms with Crippen molar-refractivity contribution >= 4 is 17.6 Å². The molecule has 2 aromatic carbocycles. The topological polar surface area (TPSA) is 66.4 Å². The fourth-order valence-corrected chi connectivity index (χ4v) is 1.94. The molecular formula is C16H14FNO3. The Bertz CT molecular complexity index is 725. The molecule has 0 fully saturated rings. The molecule has 5 heteroatoms. The lowest BCUT2D eigenvalue weighted by Crippen LogP contribution is -2.15. The van der Waals surface area contributed by atoms with Gasteiger partial charge < -0.3 is 10.4 Å². The molecule has 0 aliphatic heterocycles. The van der Waals surface area contributed by atoms with Crippen molar-refractivity contribution in [2.24, 2.45) is 0 Å². The van der Waals surface area contributed by atoms with Crippen LogP contribution in [0.1, 0.15) is 31.8 Å². The van der Waals surface area contributed by atoms with Gasteiger partial charge in [-0.3, -0.25) is 4.79 Å². The zero-order valence-corrected chi connectivity index (χ0v) is 11.6. The van der Waals surface area contributed by atoms with E-state index < -0.39 is 17.7 Å². The summed E-state index contributed by atoms with van der Waals surface area (Å²) in [6.45, 7) is 3.44. The normalized spacial score (nSPS) is 10.2. The Morgan fingerprint density at radius 2 is 1.81 bits per heavy atom. The molecule has 0 bridgehead atoms. The number of carbonyl (C=O) groups excluding carboxylic acids is 1. The molecule has 1 amide bonds. The Morgan fingerprint density at radius 1 is 1.10 bits per heavy atom. The standard InChI is InChI=1S/C16H14FNO3/c1-9-3-5-13(17)12(7-9)15(19)18-14-6-4-11(16(20)21)8-10(14)2/h3-8H,1-2H3,(H,18,19)(H,20,21). The van der Waals surface area contributed by atoms with Crippen LogP contribution >= 0.6 is 0 Å². The van der Waals surface area contributed by atoms with Crippen LogP contribution in [0.25, 0.3) is 0 Å². The molecule has 0 aliphatic carbocycles. The highest BCUT2D eigenvalue weighted by atomic mass is 19.1. The molecule has 0 unspecified atom stereocenters. The van der Waals surface area contributed by atoms with Crippen LogP contribution in [0.5, 0.6) is 0 Å². The number of carboxylic acids is 1. The first-order chi connectivity index (χ1) is 9.88. The Balaban J connectivity index is 2.27. The van der Waals surface area contributed by atoms with Gasteiger partial charge in [0.15, 0.2) is 0 Å². The first-order valence-corrected chi connectivity index (χ1v) is 6.30. The Hall–Kier alpha value is -2.69. The lowest BCUT2D eigenvalue weighted by atomic mass is 10.1. The summed E-state index contributed by atoms with van der Waals surface area (Å²) < 4.78 is 13.7. The predicted octanol–water partition coefficient (Wildman–Crippen LogP) is 3.39. The lowest BCUT2D eigenvalue weighted by Gasteiger charge is -2.10. The average Bonchev–Trinajstić information content (AvgIpc) is 2.43. The van der Waals surface area contributed by atoms with Crippen molar-refractivity contribution in [3.63, 3.8) is 0 Å². The van der Waals surface area contributed by atoms with E-state index in [1.807, 2.05) is 0 Å². The lowest BCUT2D eigenvalue weighted by molar-refractivity contribution is 0.0696. The molecule has 0 saturated heterocycles. The van der Waals surface area contributed by atoms with Crippen LogP contribution in [0.3, 0.4) is 0 Å². The number of hydrogen-bond donors (Lipinski definition) is 2. The summed E-state index contributed by atoms with van der Waals surface area (Å²) >= 11 is 0. The Labute approximate surface area is 121 Å². The number of hydrogen-bond acceptors (Lipinski definition) is 2. The largest absolute Gasteiger partial charge is 0.478 e. The molecule has 0 atom stereocenters. The van der Waals surface area contributed by atoms with Crippen LogP contribution in [0.2, 0.25) is 0 Å². The van der Waals surface area contributed by atoms with Crippen molar-refractivity contribution in [1.82, 2.24) is 0 Å². The maximum atomic E-state index is 13.7. The Kier molecular flexibility index (Phi) is 4.03. The van der Waals surface area contributed by atoms with Gasteiger partial charge in [-0.25, -0.2) is 9.18 Å². The van der Waals surface area contributed by atoms with Gasteiger partial charge in [-0.15, -0.1) is 0 Å². The minimum Gasteiger partial charge on any atom is -0.478 e. The third-order valence-electron chi connectivity index (χ3n) is 3.09. The second kappa shape index (κ2) is 5.75. The molecule has 2 rings (SSSR count). The van der Waals surface area contributed by atoms with E-state index in [0.717, 1.165) is 5.56 Å². The first kappa shape index (κ1) is 14.7. The molecule has 0 heterocycles. The van der Waals surface area contributed by atoms with Crippen molar-refractivity contribution in [2.45, 2.75) is 13.8 Å². The predicted molar refractivity (Wildman–Crippen MR) is 77.2 cm³/mol. The van der Waals surface area contributed by atoms with E-state index in [4.69, 9.17) is 5.11 Å². The van der Waals surface area contributed by atoms with Crippen LogP contribution in [0, 0.1) is 19.7 Å². The van der Waals surface area contributed by atoms with Crippen molar-refractivity contribution in [3.8, 4) is 0 Å². The van der Waals surface area contributed by atoms with Gasteiger partial charge in [0.25, 0.3) is 5.91 Å². The quantitative estimate of drug-likeness (QED) is 0.909. The van der Waals surface area contributed by atoms with Gasteiger partial charge in [0, 0.05) is 5.69 Å². The van der Waals surface area contributed by atoms with Crippen LogP contribution in [-0.2, 0) is 0 Å². The summed E-state index contributed by atoms with van der Waals surface area (Å²) in [6.07, 6.45) is 0. The fraction of sp³-hybridized carbons (Fsp3) is 0.125. The molecule has 0 spiro atoms. The smallest absolute Gasteiger partial charge is 0.335 e. The summed E-state index contributed by atoms with van der Waals surface area (Å²) in [5, 5.41) is 11.5. The van der Waals surface area contributed by atoms with Gasteiger partial charge in [-0.05, 0) is 49.7 Å². The highest BCUT2D eigenvalue weighted by molar-refractivity contribution is 6.05. The maximum absolute atomic E-state index is 13.7. The van der Waals surface area contributed by atoms with Gasteiger partial charge >= 0.3 is 5.97 Å². The molecule has 4 nitrogen and oxygen atoms in total. The van der Waals surface area contributed by atoms with E-state index in [0.29, 0.717) is 11.3 Å².